The van der Waals surface area contributed by atoms with Gasteiger partial charge >= 0.3 is 6.18 Å². The lowest BCUT2D eigenvalue weighted by Crippen LogP contribution is -2.37. The summed E-state index contributed by atoms with van der Waals surface area (Å²) in [6.45, 7) is 3.26. The van der Waals surface area contributed by atoms with Gasteiger partial charge in [-0.15, -0.1) is 0 Å². The molecular formula is C20H21F3N2O5. The number of nitrogens with one attached hydrogen (secondary N) is 1. The third-order valence-electron chi connectivity index (χ3n) is 4.61. The molecule has 0 heterocycles. The Kier molecular flexibility index (Phi) is 6.59. The van der Waals surface area contributed by atoms with Crippen molar-refractivity contribution < 1.29 is 32.4 Å². The van der Waals surface area contributed by atoms with Crippen LogP contribution in [0.15, 0.2) is 36.4 Å². The molecule has 0 spiro atoms. The fourth-order valence-electron chi connectivity index (χ4n) is 2.82. The monoisotopic (exact) mass is 426 g/mol. The Labute approximate surface area is 170 Å². The fourth-order valence-corrected chi connectivity index (χ4v) is 2.82. The van der Waals surface area contributed by atoms with Gasteiger partial charge in [-0.25, -0.2) is 0 Å². The van der Waals surface area contributed by atoms with E-state index in [0.717, 1.165) is 18.2 Å². The first-order chi connectivity index (χ1) is 13.9. The summed E-state index contributed by atoms with van der Waals surface area (Å²) < 4.78 is 49.1. The number of rotatable bonds is 7. The van der Waals surface area contributed by atoms with Crippen LogP contribution >= 0.6 is 0 Å². The molecule has 2 aromatic carbocycles. The minimum absolute atomic E-state index is 0.0569. The Morgan fingerprint density at radius 1 is 1.07 bits per heavy atom. The molecule has 0 saturated heterocycles. The number of alkyl halides is 3. The van der Waals surface area contributed by atoms with Gasteiger partial charge in [-0.05, 0) is 11.6 Å². The van der Waals surface area contributed by atoms with Gasteiger partial charge in [-0.3, -0.25) is 14.9 Å². The van der Waals surface area contributed by atoms with Gasteiger partial charge in [0, 0.05) is 18.0 Å². The smallest absolute Gasteiger partial charge is 0.416 e. The summed E-state index contributed by atoms with van der Waals surface area (Å²) in [5, 5.41) is 13.9. The van der Waals surface area contributed by atoms with E-state index in [1.165, 1.54) is 32.4 Å². The quantitative estimate of drug-likeness (QED) is 0.525. The molecule has 7 nitrogen and oxygen atoms in total. The zero-order chi connectivity index (χ0) is 22.7. The molecule has 10 heteroatoms. The van der Waals surface area contributed by atoms with Crippen molar-refractivity contribution in [3.05, 3.63) is 63.2 Å². The van der Waals surface area contributed by atoms with E-state index in [1.807, 2.05) is 0 Å². The van der Waals surface area contributed by atoms with Crippen LogP contribution in [0.3, 0.4) is 0 Å². The molecule has 0 radical (unpaired) electrons. The second kappa shape index (κ2) is 8.60. The van der Waals surface area contributed by atoms with E-state index in [4.69, 9.17) is 9.47 Å². The van der Waals surface area contributed by atoms with Gasteiger partial charge in [0.1, 0.15) is 5.56 Å². The third kappa shape index (κ3) is 5.00. The number of halogens is 3. The standard InChI is InChI=1S/C20H21F3N2O5/c1-19(2,12-6-5-7-13(8-12)20(21,22)23)11-24-18(26)14-9-16(29-3)17(30-4)10-15(14)25(27)28/h5-10H,11H2,1-4H3,(H,24,26). The van der Waals surface area contributed by atoms with E-state index in [1.54, 1.807) is 13.8 Å². The van der Waals surface area contributed by atoms with Gasteiger partial charge in [0.25, 0.3) is 11.6 Å². The second-order valence-corrected chi connectivity index (χ2v) is 7.13. The van der Waals surface area contributed by atoms with E-state index >= 15 is 0 Å². The van der Waals surface area contributed by atoms with Crippen molar-refractivity contribution in [3.8, 4) is 11.5 Å². The van der Waals surface area contributed by atoms with Gasteiger partial charge in [-0.1, -0.05) is 32.0 Å². The first-order valence-electron chi connectivity index (χ1n) is 8.77. The predicted octanol–water partition coefficient (Wildman–Crippen LogP) is 4.34. The van der Waals surface area contributed by atoms with Crippen LogP contribution in [-0.4, -0.2) is 31.6 Å². The summed E-state index contributed by atoms with van der Waals surface area (Å²) in [5.74, 6) is -0.543. The molecular weight excluding hydrogens is 405 g/mol. The third-order valence-corrected chi connectivity index (χ3v) is 4.61. The van der Waals surface area contributed by atoms with Crippen LogP contribution in [0.1, 0.15) is 35.3 Å². The Morgan fingerprint density at radius 3 is 2.17 bits per heavy atom. The highest BCUT2D eigenvalue weighted by atomic mass is 19.4. The van der Waals surface area contributed by atoms with Crippen molar-refractivity contribution in [2.24, 2.45) is 0 Å². The summed E-state index contributed by atoms with van der Waals surface area (Å²) in [4.78, 5) is 23.3. The highest BCUT2D eigenvalue weighted by molar-refractivity contribution is 5.99. The number of amides is 1. The zero-order valence-corrected chi connectivity index (χ0v) is 16.8. The van der Waals surface area contributed by atoms with E-state index < -0.39 is 33.7 Å². The number of benzene rings is 2. The molecule has 0 aliphatic rings. The summed E-state index contributed by atoms with van der Waals surface area (Å²) in [6, 6.07) is 7.06. The molecule has 162 valence electrons. The molecule has 30 heavy (non-hydrogen) atoms. The number of ether oxygens (including phenoxy) is 2. The first kappa shape index (κ1) is 23.0. The molecule has 1 N–H and O–H groups in total. The van der Waals surface area contributed by atoms with Gasteiger partial charge in [0.2, 0.25) is 0 Å². The molecule has 2 aromatic rings. The Bertz CT molecular complexity index is 958. The van der Waals surface area contributed by atoms with E-state index in [2.05, 4.69) is 5.32 Å². The summed E-state index contributed by atoms with van der Waals surface area (Å²) in [7, 11) is 2.63. The summed E-state index contributed by atoms with van der Waals surface area (Å²) >= 11 is 0. The van der Waals surface area contributed by atoms with Crippen LogP contribution in [0.5, 0.6) is 11.5 Å². The fraction of sp³-hybridized carbons (Fsp3) is 0.350. The average Bonchev–Trinajstić information content (AvgIpc) is 2.70. The summed E-state index contributed by atoms with van der Waals surface area (Å²) in [6.07, 6.45) is -4.49. The predicted molar refractivity (Wildman–Crippen MR) is 103 cm³/mol. The number of nitro benzene ring substituents is 1. The largest absolute Gasteiger partial charge is 0.493 e. The van der Waals surface area contributed by atoms with E-state index in [9.17, 15) is 28.1 Å². The molecule has 0 fully saturated rings. The Balaban J connectivity index is 2.29. The molecule has 0 aliphatic heterocycles. The maximum Gasteiger partial charge on any atom is 0.416 e. The van der Waals surface area contributed by atoms with Crippen molar-refractivity contribution >= 4 is 11.6 Å². The molecule has 0 bridgehead atoms. The molecule has 0 aliphatic carbocycles. The maximum absolute atomic E-state index is 13.0. The average molecular weight is 426 g/mol. The van der Waals surface area contributed by atoms with Crippen LogP contribution in [0.25, 0.3) is 0 Å². The lowest BCUT2D eigenvalue weighted by atomic mass is 9.83. The van der Waals surface area contributed by atoms with Crippen molar-refractivity contribution in [1.82, 2.24) is 5.32 Å². The second-order valence-electron chi connectivity index (χ2n) is 7.13. The van der Waals surface area contributed by atoms with Crippen LogP contribution in [0, 0.1) is 10.1 Å². The van der Waals surface area contributed by atoms with Crippen molar-refractivity contribution in [2.75, 3.05) is 20.8 Å². The van der Waals surface area contributed by atoms with Gasteiger partial charge in [0.05, 0.1) is 30.8 Å². The molecule has 1 amide bonds. The number of nitrogens with zero attached hydrogens (tertiary/aromatic N) is 1. The van der Waals surface area contributed by atoms with E-state index in [0.29, 0.717) is 5.56 Å². The number of nitro groups is 1. The topological polar surface area (TPSA) is 90.7 Å². The highest BCUT2D eigenvalue weighted by Crippen LogP contribution is 2.35. The van der Waals surface area contributed by atoms with Crippen molar-refractivity contribution in [2.45, 2.75) is 25.4 Å². The molecule has 0 aromatic heterocycles. The van der Waals surface area contributed by atoms with Crippen molar-refractivity contribution in [3.63, 3.8) is 0 Å². The Hall–Kier alpha value is -3.30. The van der Waals surface area contributed by atoms with Gasteiger partial charge in [0.15, 0.2) is 11.5 Å². The zero-order valence-electron chi connectivity index (χ0n) is 16.8. The first-order valence-corrected chi connectivity index (χ1v) is 8.77. The minimum atomic E-state index is -4.49. The number of hydrogen-bond acceptors (Lipinski definition) is 5. The molecule has 0 unspecified atom stereocenters. The molecule has 2 rings (SSSR count). The molecule has 0 atom stereocenters. The SMILES string of the molecule is COc1cc(C(=O)NCC(C)(C)c2cccc(C(F)(F)F)c2)c([N+](=O)[O-])cc1OC. The highest BCUT2D eigenvalue weighted by Gasteiger charge is 2.32. The lowest BCUT2D eigenvalue weighted by molar-refractivity contribution is -0.385. The summed E-state index contributed by atoms with van der Waals surface area (Å²) in [5.41, 5.74) is -2.05. The number of carbonyl (C=O) groups excluding carboxylic acids is 1. The number of carbonyl (C=O) groups is 1. The Morgan fingerprint density at radius 2 is 1.63 bits per heavy atom. The number of methoxy groups -OCH3 is 2. The number of hydrogen-bond donors (Lipinski definition) is 1. The maximum atomic E-state index is 13.0. The minimum Gasteiger partial charge on any atom is -0.493 e. The van der Waals surface area contributed by atoms with Crippen molar-refractivity contribution in [1.29, 1.82) is 0 Å². The van der Waals surface area contributed by atoms with Gasteiger partial charge in [-0.2, -0.15) is 13.2 Å². The van der Waals surface area contributed by atoms with Crippen LogP contribution in [-0.2, 0) is 11.6 Å². The van der Waals surface area contributed by atoms with E-state index in [-0.39, 0.29) is 23.6 Å². The normalized spacial score (nSPS) is 11.7. The lowest BCUT2D eigenvalue weighted by Gasteiger charge is -2.26. The van der Waals surface area contributed by atoms with Crippen LogP contribution in [0.4, 0.5) is 18.9 Å². The molecule has 0 saturated carbocycles. The van der Waals surface area contributed by atoms with Gasteiger partial charge < -0.3 is 14.8 Å². The van der Waals surface area contributed by atoms with Crippen LogP contribution in [0.2, 0.25) is 0 Å². The van der Waals surface area contributed by atoms with Crippen LogP contribution < -0.4 is 14.8 Å².